The molecule has 5 heteroatoms. The van der Waals surface area contributed by atoms with Crippen LogP contribution in [0.25, 0.3) is 0 Å². The van der Waals surface area contributed by atoms with Gasteiger partial charge in [0.1, 0.15) is 11.8 Å². The van der Waals surface area contributed by atoms with Gasteiger partial charge in [0.15, 0.2) is 6.61 Å². The Labute approximate surface area is 163 Å². The summed E-state index contributed by atoms with van der Waals surface area (Å²) >= 11 is 1.63. The summed E-state index contributed by atoms with van der Waals surface area (Å²) in [4.78, 5) is 15.7. The van der Waals surface area contributed by atoms with Crippen LogP contribution < -0.4 is 4.74 Å². The summed E-state index contributed by atoms with van der Waals surface area (Å²) in [5.41, 5.74) is 1.62. The number of carbonyl (C=O) groups excluding carboxylic acids is 1. The van der Waals surface area contributed by atoms with Crippen molar-refractivity contribution in [2.75, 3.05) is 13.2 Å². The van der Waals surface area contributed by atoms with Crippen LogP contribution >= 0.6 is 11.3 Å². The predicted octanol–water partition coefficient (Wildman–Crippen LogP) is 4.27. The summed E-state index contributed by atoms with van der Waals surface area (Å²) < 4.78 is 5.63. The van der Waals surface area contributed by atoms with Crippen LogP contribution in [0, 0.1) is 11.3 Å². The summed E-state index contributed by atoms with van der Waals surface area (Å²) in [6.45, 7) is 1.09. The average molecular weight is 376 g/mol. The average Bonchev–Trinajstić information content (AvgIpc) is 3.23. The van der Waals surface area contributed by atoms with Gasteiger partial charge in [-0.25, -0.2) is 0 Å². The van der Waals surface area contributed by atoms with E-state index in [1.165, 1.54) is 5.56 Å². The Kier molecular flexibility index (Phi) is 6.61. The van der Waals surface area contributed by atoms with E-state index in [2.05, 4.69) is 18.2 Å². The maximum Gasteiger partial charge on any atom is 0.260 e. The molecule has 3 aromatic rings. The number of ether oxygens (including phenoxy) is 1. The van der Waals surface area contributed by atoms with Crippen LogP contribution in [0.3, 0.4) is 0 Å². The second kappa shape index (κ2) is 9.56. The number of hydrogen-bond donors (Lipinski definition) is 0. The number of nitrogens with zero attached hydrogens (tertiary/aromatic N) is 2. The number of hydrogen-bond acceptors (Lipinski definition) is 4. The first-order valence-electron chi connectivity index (χ1n) is 8.72. The molecular formula is C22H20N2O2S. The lowest BCUT2D eigenvalue weighted by Crippen LogP contribution is -2.36. The molecule has 3 rings (SSSR count). The molecule has 0 unspecified atom stereocenters. The van der Waals surface area contributed by atoms with Crippen molar-refractivity contribution in [3.05, 3.63) is 88.1 Å². The maximum atomic E-state index is 12.8. The topological polar surface area (TPSA) is 53.3 Å². The predicted molar refractivity (Wildman–Crippen MR) is 107 cm³/mol. The zero-order valence-corrected chi connectivity index (χ0v) is 15.7. The first-order valence-corrected chi connectivity index (χ1v) is 9.60. The van der Waals surface area contributed by atoms with Crippen molar-refractivity contribution >= 4 is 17.2 Å². The standard InChI is InChI=1S/C22H20N2O2S/c23-15-19-9-4-5-11-21(19)26-17-22(25)24(16-20-10-6-14-27-20)13-12-18-7-2-1-3-8-18/h1-11,14H,12-13,16-17H2. The van der Waals surface area contributed by atoms with E-state index in [1.54, 1.807) is 35.6 Å². The number of benzene rings is 2. The Bertz CT molecular complexity index is 902. The van der Waals surface area contributed by atoms with Crippen molar-refractivity contribution in [1.29, 1.82) is 5.26 Å². The van der Waals surface area contributed by atoms with E-state index in [0.29, 0.717) is 24.4 Å². The molecule has 0 saturated heterocycles. The minimum Gasteiger partial charge on any atom is -0.482 e. The van der Waals surface area contributed by atoms with E-state index >= 15 is 0 Å². The van der Waals surface area contributed by atoms with E-state index in [0.717, 1.165) is 11.3 Å². The van der Waals surface area contributed by atoms with E-state index in [1.807, 2.05) is 40.6 Å². The first kappa shape index (κ1) is 18.7. The number of rotatable bonds is 8. The summed E-state index contributed by atoms with van der Waals surface area (Å²) in [5.74, 6) is 0.347. The third-order valence-electron chi connectivity index (χ3n) is 4.15. The second-order valence-electron chi connectivity index (χ2n) is 6.03. The Morgan fingerprint density at radius 1 is 1.04 bits per heavy atom. The van der Waals surface area contributed by atoms with E-state index in [4.69, 9.17) is 10.00 Å². The molecule has 0 aliphatic heterocycles. The minimum atomic E-state index is -0.0907. The molecule has 0 aliphatic carbocycles. The van der Waals surface area contributed by atoms with Gasteiger partial charge in [-0.2, -0.15) is 5.26 Å². The molecule has 4 nitrogen and oxygen atoms in total. The third kappa shape index (κ3) is 5.44. The lowest BCUT2D eigenvalue weighted by Gasteiger charge is -2.22. The van der Waals surface area contributed by atoms with Crippen LogP contribution in [0.1, 0.15) is 16.0 Å². The molecule has 0 bridgehead atoms. The number of carbonyl (C=O) groups is 1. The van der Waals surface area contributed by atoms with E-state index in [-0.39, 0.29) is 12.5 Å². The van der Waals surface area contributed by atoms with Crippen molar-refractivity contribution in [2.45, 2.75) is 13.0 Å². The van der Waals surface area contributed by atoms with E-state index < -0.39 is 0 Å². The molecule has 136 valence electrons. The summed E-state index contributed by atoms with van der Waals surface area (Å²) in [6.07, 6.45) is 0.784. The maximum absolute atomic E-state index is 12.8. The van der Waals surface area contributed by atoms with Gasteiger partial charge < -0.3 is 9.64 Å². The van der Waals surface area contributed by atoms with Crippen molar-refractivity contribution < 1.29 is 9.53 Å². The lowest BCUT2D eigenvalue weighted by atomic mass is 10.1. The van der Waals surface area contributed by atoms with Gasteiger partial charge in [-0.1, -0.05) is 48.5 Å². The van der Waals surface area contributed by atoms with Crippen LogP contribution in [-0.2, 0) is 17.8 Å². The Hall–Kier alpha value is -3.10. The fourth-order valence-corrected chi connectivity index (χ4v) is 3.43. The monoisotopic (exact) mass is 376 g/mol. The largest absolute Gasteiger partial charge is 0.482 e. The van der Waals surface area contributed by atoms with Crippen molar-refractivity contribution in [3.63, 3.8) is 0 Å². The highest BCUT2D eigenvalue weighted by atomic mass is 32.1. The van der Waals surface area contributed by atoms with Gasteiger partial charge in [0.2, 0.25) is 0 Å². The zero-order valence-electron chi connectivity index (χ0n) is 14.9. The van der Waals surface area contributed by atoms with Crippen molar-refractivity contribution in [3.8, 4) is 11.8 Å². The van der Waals surface area contributed by atoms with Crippen LogP contribution in [0.2, 0.25) is 0 Å². The van der Waals surface area contributed by atoms with Gasteiger partial charge in [-0.05, 0) is 35.6 Å². The number of nitriles is 1. The van der Waals surface area contributed by atoms with Crippen molar-refractivity contribution in [2.24, 2.45) is 0 Å². The van der Waals surface area contributed by atoms with E-state index in [9.17, 15) is 4.79 Å². The van der Waals surface area contributed by atoms with Crippen molar-refractivity contribution in [1.82, 2.24) is 4.90 Å². The third-order valence-corrected chi connectivity index (χ3v) is 5.01. The lowest BCUT2D eigenvalue weighted by molar-refractivity contribution is -0.133. The SMILES string of the molecule is N#Cc1ccccc1OCC(=O)N(CCc1ccccc1)Cc1cccs1. The van der Waals surface area contributed by atoms with Gasteiger partial charge >= 0.3 is 0 Å². The smallest absolute Gasteiger partial charge is 0.260 e. The molecule has 0 N–H and O–H groups in total. The summed E-state index contributed by atoms with van der Waals surface area (Å²) in [7, 11) is 0. The summed E-state index contributed by atoms with van der Waals surface area (Å²) in [6, 6.07) is 23.2. The van der Waals surface area contributed by atoms with Crippen LogP contribution in [0.5, 0.6) is 5.75 Å². The highest BCUT2D eigenvalue weighted by Gasteiger charge is 2.16. The normalized spacial score (nSPS) is 10.2. The molecule has 1 aromatic heterocycles. The molecule has 1 heterocycles. The molecule has 0 fully saturated rings. The Morgan fingerprint density at radius 2 is 1.81 bits per heavy atom. The van der Waals surface area contributed by atoms with Gasteiger partial charge in [0.25, 0.3) is 5.91 Å². The van der Waals surface area contributed by atoms with Gasteiger partial charge in [-0.3, -0.25) is 4.79 Å². The molecule has 0 radical (unpaired) electrons. The molecule has 27 heavy (non-hydrogen) atoms. The summed E-state index contributed by atoms with van der Waals surface area (Å²) in [5, 5.41) is 11.2. The fourth-order valence-electron chi connectivity index (χ4n) is 2.71. The molecule has 2 aromatic carbocycles. The molecule has 0 atom stereocenters. The number of amides is 1. The number of para-hydroxylation sites is 1. The van der Waals surface area contributed by atoms with Crippen LogP contribution in [0.15, 0.2) is 72.1 Å². The van der Waals surface area contributed by atoms with Crippen LogP contribution in [-0.4, -0.2) is 24.0 Å². The Balaban J connectivity index is 1.65. The van der Waals surface area contributed by atoms with Crippen LogP contribution in [0.4, 0.5) is 0 Å². The Morgan fingerprint density at radius 3 is 2.56 bits per heavy atom. The highest BCUT2D eigenvalue weighted by Crippen LogP contribution is 2.17. The van der Waals surface area contributed by atoms with Gasteiger partial charge in [-0.15, -0.1) is 11.3 Å². The fraction of sp³-hybridized carbons (Fsp3) is 0.182. The molecule has 0 spiro atoms. The van der Waals surface area contributed by atoms with Gasteiger partial charge in [0, 0.05) is 11.4 Å². The molecule has 0 saturated carbocycles. The second-order valence-corrected chi connectivity index (χ2v) is 7.06. The zero-order chi connectivity index (χ0) is 18.9. The molecule has 0 aliphatic rings. The molecular weight excluding hydrogens is 356 g/mol. The van der Waals surface area contributed by atoms with Gasteiger partial charge in [0.05, 0.1) is 12.1 Å². The minimum absolute atomic E-state index is 0.0845. The number of thiophene rings is 1. The molecule has 1 amide bonds. The highest BCUT2D eigenvalue weighted by molar-refractivity contribution is 7.09. The quantitative estimate of drug-likeness (QED) is 0.590. The first-order chi connectivity index (χ1) is 13.3.